The third-order valence-electron chi connectivity index (χ3n) is 4.52. The Hall–Kier alpha value is -2.44. The van der Waals surface area contributed by atoms with Crippen LogP contribution in [0.2, 0.25) is 0 Å². The molecule has 0 aromatic carbocycles. The van der Waals surface area contributed by atoms with Gasteiger partial charge < -0.3 is 10.0 Å². The Morgan fingerprint density at radius 1 is 1.22 bits per heavy atom. The summed E-state index contributed by atoms with van der Waals surface area (Å²) >= 11 is 0. The highest BCUT2D eigenvalue weighted by atomic mass is 16.4. The van der Waals surface area contributed by atoms with Gasteiger partial charge >= 0.3 is 5.97 Å². The molecule has 4 rings (SSSR count). The lowest BCUT2D eigenvalue weighted by Gasteiger charge is -2.31. The average molecular weight is 313 g/mol. The van der Waals surface area contributed by atoms with Gasteiger partial charge in [-0.2, -0.15) is 5.10 Å². The van der Waals surface area contributed by atoms with E-state index in [2.05, 4.69) is 10.00 Å². The van der Waals surface area contributed by atoms with Crippen LogP contribution in [0.4, 0.5) is 5.95 Å². The molecule has 0 saturated carbocycles. The summed E-state index contributed by atoms with van der Waals surface area (Å²) < 4.78 is 1.68. The third-order valence-corrected chi connectivity index (χ3v) is 4.52. The number of rotatable bonds is 5. The molecule has 0 amide bonds. The second kappa shape index (κ2) is 5.64. The molecule has 23 heavy (non-hydrogen) atoms. The zero-order valence-corrected chi connectivity index (χ0v) is 12.9. The van der Waals surface area contributed by atoms with Crippen molar-refractivity contribution in [3.05, 3.63) is 23.7 Å². The maximum Gasteiger partial charge on any atom is 0.305 e. The minimum atomic E-state index is -0.815. The lowest BCUT2D eigenvalue weighted by Crippen LogP contribution is -2.38. The van der Waals surface area contributed by atoms with Gasteiger partial charge in [0.15, 0.2) is 0 Å². The highest BCUT2D eigenvalue weighted by molar-refractivity contribution is 5.67. The fraction of sp³-hybridized carbons (Fsp3) is 0.500. The molecular weight excluding hydrogens is 294 g/mol. The van der Waals surface area contributed by atoms with Crippen molar-refractivity contribution in [3.63, 3.8) is 0 Å². The first kappa shape index (κ1) is 14.2. The number of hydrogen-bond acceptors (Lipinski definition) is 5. The SMILES string of the molecule is O=C(O)CCn1cc(-c2nc(N3CCC3)nc3c2CCC3)cn1. The summed E-state index contributed by atoms with van der Waals surface area (Å²) in [7, 11) is 0. The Balaban J connectivity index is 1.67. The first-order valence-electron chi connectivity index (χ1n) is 8.10. The van der Waals surface area contributed by atoms with Crippen LogP contribution in [0.1, 0.15) is 30.5 Å². The third kappa shape index (κ3) is 2.67. The lowest BCUT2D eigenvalue weighted by molar-refractivity contribution is -0.137. The molecule has 1 aliphatic heterocycles. The summed E-state index contributed by atoms with van der Waals surface area (Å²) in [6.07, 6.45) is 8.08. The van der Waals surface area contributed by atoms with E-state index >= 15 is 0 Å². The summed E-state index contributed by atoms with van der Waals surface area (Å²) in [6, 6.07) is 0. The summed E-state index contributed by atoms with van der Waals surface area (Å²) in [5.74, 6) is 0.00948. The Bertz CT molecular complexity index is 751. The van der Waals surface area contributed by atoms with Crippen LogP contribution in [0.15, 0.2) is 12.4 Å². The van der Waals surface area contributed by atoms with Crippen LogP contribution in [-0.2, 0) is 24.2 Å². The van der Waals surface area contributed by atoms with E-state index in [0.29, 0.717) is 6.54 Å². The number of anilines is 1. The number of aryl methyl sites for hydroxylation is 2. The van der Waals surface area contributed by atoms with Crippen molar-refractivity contribution in [1.29, 1.82) is 0 Å². The maximum absolute atomic E-state index is 10.7. The Morgan fingerprint density at radius 3 is 2.83 bits per heavy atom. The largest absolute Gasteiger partial charge is 0.481 e. The van der Waals surface area contributed by atoms with Crippen molar-refractivity contribution in [3.8, 4) is 11.3 Å². The van der Waals surface area contributed by atoms with Crippen molar-refractivity contribution in [2.45, 2.75) is 38.6 Å². The van der Waals surface area contributed by atoms with Crippen LogP contribution in [0.3, 0.4) is 0 Å². The van der Waals surface area contributed by atoms with E-state index in [4.69, 9.17) is 15.1 Å². The second-order valence-corrected chi connectivity index (χ2v) is 6.13. The van der Waals surface area contributed by atoms with E-state index in [9.17, 15) is 4.79 Å². The first-order chi connectivity index (χ1) is 11.2. The Labute approximate surface area is 134 Å². The molecule has 120 valence electrons. The van der Waals surface area contributed by atoms with Gasteiger partial charge in [-0.15, -0.1) is 0 Å². The van der Waals surface area contributed by atoms with Crippen LogP contribution >= 0.6 is 0 Å². The van der Waals surface area contributed by atoms with E-state index in [1.807, 2.05) is 6.20 Å². The predicted molar refractivity (Wildman–Crippen MR) is 84.4 cm³/mol. The zero-order chi connectivity index (χ0) is 15.8. The average Bonchev–Trinajstić information content (AvgIpc) is 3.11. The predicted octanol–water partition coefficient (Wildman–Crippen LogP) is 1.51. The molecule has 2 aromatic heterocycles. The minimum Gasteiger partial charge on any atom is -0.481 e. The molecule has 7 heteroatoms. The van der Waals surface area contributed by atoms with Gasteiger partial charge in [0.25, 0.3) is 0 Å². The smallest absolute Gasteiger partial charge is 0.305 e. The number of hydrogen-bond donors (Lipinski definition) is 1. The number of fused-ring (bicyclic) bond motifs is 1. The number of aliphatic carboxylic acids is 1. The van der Waals surface area contributed by atoms with Crippen LogP contribution in [0.25, 0.3) is 11.3 Å². The molecule has 0 radical (unpaired) electrons. The summed E-state index contributed by atoms with van der Waals surface area (Å²) in [5.41, 5.74) is 4.32. The van der Waals surface area contributed by atoms with E-state index < -0.39 is 5.97 Å². The minimum absolute atomic E-state index is 0.0715. The van der Waals surface area contributed by atoms with E-state index in [0.717, 1.165) is 55.3 Å². The summed E-state index contributed by atoms with van der Waals surface area (Å²) in [6.45, 7) is 2.42. The van der Waals surface area contributed by atoms with Crippen molar-refractivity contribution >= 4 is 11.9 Å². The molecule has 1 aliphatic carbocycles. The molecule has 7 nitrogen and oxygen atoms in total. The van der Waals surface area contributed by atoms with Gasteiger partial charge in [0, 0.05) is 36.1 Å². The standard InChI is InChI=1S/C16H19N5O2/c22-14(23)5-8-21-10-11(9-17-21)15-12-3-1-4-13(12)18-16(19-15)20-6-2-7-20/h9-10H,1-8H2,(H,22,23). The normalized spacial score (nSPS) is 16.3. The Kier molecular flexibility index (Phi) is 3.48. The fourth-order valence-corrected chi connectivity index (χ4v) is 3.13. The molecule has 0 spiro atoms. The quantitative estimate of drug-likeness (QED) is 0.901. The molecule has 1 fully saturated rings. The van der Waals surface area contributed by atoms with Crippen molar-refractivity contribution in [2.24, 2.45) is 0 Å². The molecule has 0 atom stereocenters. The Morgan fingerprint density at radius 2 is 2.09 bits per heavy atom. The number of carboxylic acids is 1. The highest BCUT2D eigenvalue weighted by Crippen LogP contribution is 2.32. The topological polar surface area (TPSA) is 84.1 Å². The molecule has 2 aliphatic rings. The second-order valence-electron chi connectivity index (χ2n) is 6.13. The number of nitrogens with zero attached hydrogens (tertiary/aromatic N) is 5. The first-order valence-corrected chi connectivity index (χ1v) is 8.10. The number of carbonyl (C=O) groups is 1. The molecular formula is C16H19N5O2. The van der Waals surface area contributed by atoms with Gasteiger partial charge in [-0.1, -0.05) is 0 Å². The summed E-state index contributed by atoms with van der Waals surface area (Å²) in [5, 5.41) is 13.1. The number of aromatic nitrogens is 4. The van der Waals surface area contributed by atoms with Crippen LogP contribution in [-0.4, -0.2) is 43.9 Å². The van der Waals surface area contributed by atoms with Gasteiger partial charge in [-0.3, -0.25) is 9.48 Å². The van der Waals surface area contributed by atoms with Crippen molar-refractivity contribution in [1.82, 2.24) is 19.7 Å². The zero-order valence-electron chi connectivity index (χ0n) is 12.9. The fourth-order valence-electron chi connectivity index (χ4n) is 3.13. The van der Waals surface area contributed by atoms with Gasteiger partial charge in [0.05, 0.1) is 24.9 Å². The molecule has 1 N–H and O–H groups in total. The highest BCUT2D eigenvalue weighted by Gasteiger charge is 2.25. The molecule has 0 unspecified atom stereocenters. The molecule has 3 heterocycles. The summed E-state index contributed by atoms with van der Waals surface area (Å²) in [4.78, 5) is 22.4. The van der Waals surface area contributed by atoms with Crippen LogP contribution < -0.4 is 4.90 Å². The van der Waals surface area contributed by atoms with Gasteiger partial charge in [-0.05, 0) is 25.7 Å². The monoisotopic (exact) mass is 313 g/mol. The number of carboxylic acid groups (broad SMARTS) is 1. The van der Waals surface area contributed by atoms with Crippen molar-refractivity contribution in [2.75, 3.05) is 18.0 Å². The molecule has 1 saturated heterocycles. The van der Waals surface area contributed by atoms with E-state index in [1.54, 1.807) is 10.9 Å². The molecule has 0 bridgehead atoms. The van der Waals surface area contributed by atoms with E-state index in [-0.39, 0.29) is 6.42 Å². The van der Waals surface area contributed by atoms with Crippen LogP contribution in [0.5, 0.6) is 0 Å². The van der Waals surface area contributed by atoms with Gasteiger partial charge in [-0.25, -0.2) is 9.97 Å². The van der Waals surface area contributed by atoms with Crippen molar-refractivity contribution < 1.29 is 9.90 Å². The van der Waals surface area contributed by atoms with Gasteiger partial charge in [0.1, 0.15) is 0 Å². The van der Waals surface area contributed by atoms with Gasteiger partial charge in [0.2, 0.25) is 5.95 Å². The maximum atomic E-state index is 10.7. The lowest BCUT2D eigenvalue weighted by atomic mass is 10.1. The van der Waals surface area contributed by atoms with Crippen LogP contribution in [0, 0.1) is 0 Å². The van der Waals surface area contributed by atoms with E-state index in [1.165, 1.54) is 12.0 Å². The molecule has 2 aromatic rings.